The summed E-state index contributed by atoms with van der Waals surface area (Å²) in [7, 11) is 0. The summed E-state index contributed by atoms with van der Waals surface area (Å²) in [6.45, 7) is 7.90. The number of amides is 2. The van der Waals surface area contributed by atoms with E-state index < -0.39 is 12.1 Å². The quantitative estimate of drug-likeness (QED) is 0.920. The van der Waals surface area contributed by atoms with E-state index >= 15 is 0 Å². The first-order chi connectivity index (χ1) is 9.45. The number of piperazine rings is 1. The predicted octanol–water partition coefficient (Wildman–Crippen LogP) is 2.44. The molecule has 2 rings (SSSR count). The molecule has 0 aromatic heterocycles. The Labute approximate surface area is 120 Å². The third-order valence-electron chi connectivity index (χ3n) is 3.81. The third kappa shape index (κ3) is 2.55. The molecule has 1 saturated heterocycles. The second-order valence-corrected chi connectivity index (χ2v) is 5.61. The van der Waals surface area contributed by atoms with Gasteiger partial charge < -0.3 is 5.32 Å². The highest BCUT2D eigenvalue weighted by molar-refractivity contribution is 6.08. The van der Waals surface area contributed by atoms with Crippen molar-refractivity contribution >= 4 is 17.5 Å². The number of carbonyl (C=O) groups excluding carboxylic acids is 2. The van der Waals surface area contributed by atoms with Gasteiger partial charge in [0.05, 0.1) is 0 Å². The molecule has 2 amide bonds. The van der Waals surface area contributed by atoms with Gasteiger partial charge in [-0.3, -0.25) is 14.5 Å². The molecule has 108 valence electrons. The lowest BCUT2D eigenvalue weighted by atomic mass is 10.0. The first kappa shape index (κ1) is 14.6. The van der Waals surface area contributed by atoms with Crippen molar-refractivity contribution in [1.82, 2.24) is 5.32 Å². The Morgan fingerprint density at radius 2 is 1.80 bits per heavy atom. The standard InChI is InChI=1S/C16H22N2O2/c1-5-14-15(19)17-11(4)16(20)18(14)13-8-6-12(7-9-13)10(2)3/h6-11,14H,5H2,1-4H3,(H,17,19). The van der Waals surface area contributed by atoms with Crippen LogP contribution in [0.4, 0.5) is 5.69 Å². The van der Waals surface area contributed by atoms with Crippen LogP contribution in [0, 0.1) is 0 Å². The van der Waals surface area contributed by atoms with Crippen LogP contribution in [-0.4, -0.2) is 23.9 Å². The zero-order valence-electron chi connectivity index (χ0n) is 12.5. The smallest absolute Gasteiger partial charge is 0.250 e. The monoisotopic (exact) mass is 274 g/mol. The maximum atomic E-state index is 12.4. The molecule has 20 heavy (non-hydrogen) atoms. The van der Waals surface area contributed by atoms with Crippen LogP contribution >= 0.6 is 0 Å². The molecule has 0 bridgehead atoms. The van der Waals surface area contributed by atoms with Crippen LogP contribution in [0.25, 0.3) is 0 Å². The van der Waals surface area contributed by atoms with Gasteiger partial charge in [-0.2, -0.15) is 0 Å². The van der Waals surface area contributed by atoms with Gasteiger partial charge in [0, 0.05) is 5.69 Å². The Bertz CT molecular complexity index is 508. The molecule has 0 radical (unpaired) electrons. The zero-order chi connectivity index (χ0) is 14.9. The van der Waals surface area contributed by atoms with Gasteiger partial charge in [0.2, 0.25) is 11.8 Å². The molecule has 4 nitrogen and oxygen atoms in total. The van der Waals surface area contributed by atoms with Crippen molar-refractivity contribution in [2.24, 2.45) is 0 Å². The fraction of sp³-hybridized carbons (Fsp3) is 0.500. The molecule has 2 unspecified atom stereocenters. The van der Waals surface area contributed by atoms with Crippen LogP contribution < -0.4 is 10.2 Å². The topological polar surface area (TPSA) is 49.4 Å². The van der Waals surface area contributed by atoms with Gasteiger partial charge in [-0.05, 0) is 37.0 Å². The summed E-state index contributed by atoms with van der Waals surface area (Å²) in [6.07, 6.45) is 0.607. The highest BCUT2D eigenvalue weighted by Crippen LogP contribution is 2.25. The summed E-state index contributed by atoms with van der Waals surface area (Å²) >= 11 is 0. The number of nitrogens with one attached hydrogen (secondary N) is 1. The van der Waals surface area contributed by atoms with E-state index in [-0.39, 0.29) is 11.8 Å². The second kappa shape index (κ2) is 5.65. The fourth-order valence-electron chi connectivity index (χ4n) is 2.55. The van der Waals surface area contributed by atoms with Gasteiger partial charge in [-0.25, -0.2) is 0 Å². The molecule has 0 saturated carbocycles. The fourth-order valence-corrected chi connectivity index (χ4v) is 2.55. The highest BCUT2D eigenvalue weighted by Gasteiger charge is 2.38. The van der Waals surface area contributed by atoms with Gasteiger partial charge in [-0.15, -0.1) is 0 Å². The Balaban J connectivity index is 2.36. The minimum Gasteiger partial charge on any atom is -0.343 e. The SMILES string of the molecule is CCC1C(=O)NC(C)C(=O)N1c1ccc(C(C)C)cc1. The van der Waals surface area contributed by atoms with Gasteiger partial charge in [0.15, 0.2) is 0 Å². The van der Waals surface area contributed by atoms with Gasteiger partial charge >= 0.3 is 0 Å². The maximum Gasteiger partial charge on any atom is 0.250 e. The molecular weight excluding hydrogens is 252 g/mol. The molecule has 0 spiro atoms. The average Bonchev–Trinajstić information content (AvgIpc) is 2.42. The van der Waals surface area contributed by atoms with Crippen molar-refractivity contribution in [3.05, 3.63) is 29.8 Å². The summed E-state index contributed by atoms with van der Waals surface area (Å²) in [5.41, 5.74) is 2.02. The van der Waals surface area contributed by atoms with Crippen LogP contribution in [0.2, 0.25) is 0 Å². The van der Waals surface area contributed by atoms with Crippen molar-refractivity contribution in [3.8, 4) is 0 Å². The van der Waals surface area contributed by atoms with E-state index in [1.54, 1.807) is 11.8 Å². The van der Waals surface area contributed by atoms with E-state index in [0.29, 0.717) is 12.3 Å². The molecule has 2 atom stereocenters. The lowest BCUT2D eigenvalue weighted by Crippen LogP contribution is -2.62. The Hall–Kier alpha value is -1.84. The molecular formula is C16H22N2O2. The molecule has 1 aliphatic rings. The summed E-state index contributed by atoms with van der Waals surface area (Å²) < 4.78 is 0. The number of nitrogens with zero attached hydrogens (tertiary/aromatic N) is 1. The van der Waals surface area contributed by atoms with E-state index in [0.717, 1.165) is 5.69 Å². The minimum absolute atomic E-state index is 0.0475. The summed E-state index contributed by atoms with van der Waals surface area (Å²) in [5.74, 6) is 0.326. The summed E-state index contributed by atoms with van der Waals surface area (Å²) in [5, 5.41) is 2.73. The van der Waals surface area contributed by atoms with Crippen LogP contribution in [-0.2, 0) is 9.59 Å². The van der Waals surface area contributed by atoms with Crippen molar-refractivity contribution in [2.75, 3.05) is 4.90 Å². The normalized spacial score (nSPS) is 23.1. The first-order valence-corrected chi connectivity index (χ1v) is 7.19. The molecule has 1 heterocycles. The lowest BCUT2D eigenvalue weighted by Gasteiger charge is -2.37. The Morgan fingerprint density at radius 1 is 1.20 bits per heavy atom. The maximum absolute atomic E-state index is 12.4. The first-order valence-electron chi connectivity index (χ1n) is 7.19. The number of hydrogen-bond acceptors (Lipinski definition) is 2. The van der Waals surface area contributed by atoms with Crippen LogP contribution in [0.3, 0.4) is 0 Å². The van der Waals surface area contributed by atoms with Crippen LogP contribution in [0.5, 0.6) is 0 Å². The molecule has 1 N–H and O–H groups in total. The van der Waals surface area contributed by atoms with Crippen molar-refractivity contribution in [3.63, 3.8) is 0 Å². The van der Waals surface area contributed by atoms with Gasteiger partial charge in [0.25, 0.3) is 0 Å². The van der Waals surface area contributed by atoms with Crippen LogP contribution in [0.1, 0.15) is 45.6 Å². The Morgan fingerprint density at radius 3 is 2.30 bits per heavy atom. The number of benzene rings is 1. The molecule has 1 fully saturated rings. The predicted molar refractivity (Wildman–Crippen MR) is 79.7 cm³/mol. The average molecular weight is 274 g/mol. The highest BCUT2D eigenvalue weighted by atomic mass is 16.2. The molecule has 0 aliphatic carbocycles. The summed E-state index contributed by atoms with van der Waals surface area (Å²) in [6, 6.07) is 7.04. The molecule has 1 aromatic carbocycles. The summed E-state index contributed by atoms with van der Waals surface area (Å²) in [4.78, 5) is 26.0. The minimum atomic E-state index is -0.463. The zero-order valence-corrected chi connectivity index (χ0v) is 12.5. The van der Waals surface area contributed by atoms with Crippen LogP contribution in [0.15, 0.2) is 24.3 Å². The molecule has 1 aliphatic heterocycles. The van der Waals surface area contributed by atoms with Crippen molar-refractivity contribution < 1.29 is 9.59 Å². The number of rotatable bonds is 3. The van der Waals surface area contributed by atoms with Gasteiger partial charge in [-0.1, -0.05) is 32.9 Å². The Kier molecular flexibility index (Phi) is 4.12. The number of hydrogen-bond donors (Lipinski definition) is 1. The lowest BCUT2D eigenvalue weighted by molar-refractivity contribution is -0.133. The van der Waals surface area contributed by atoms with E-state index in [4.69, 9.17) is 0 Å². The third-order valence-corrected chi connectivity index (χ3v) is 3.81. The number of anilines is 1. The molecule has 1 aromatic rings. The van der Waals surface area contributed by atoms with Gasteiger partial charge in [0.1, 0.15) is 12.1 Å². The van der Waals surface area contributed by atoms with E-state index in [9.17, 15) is 9.59 Å². The van der Waals surface area contributed by atoms with E-state index in [1.807, 2.05) is 31.2 Å². The largest absolute Gasteiger partial charge is 0.343 e. The van der Waals surface area contributed by atoms with E-state index in [1.165, 1.54) is 5.56 Å². The molecule has 4 heteroatoms. The number of carbonyl (C=O) groups is 2. The van der Waals surface area contributed by atoms with Crippen molar-refractivity contribution in [2.45, 2.75) is 52.1 Å². The van der Waals surface area contributed by atoms with Crippen molar-refractivity contribution in [1.29, 1.82) is 0 Å². The second-order valence-electron chi connectivity index (χ2n) is 5.61. The van der Waals surface area contributed by atoms with E-state index in [2.05, 4.69) is 19.2 Å².